The van der Waals surface area contributed by atoms with Crippen LogP contribution in [-0.2, 0) is 4.43 Å². The number of hydrogen-bond donors (Lipinski definition) is 0. The summed E-state index contributed by atoms with van der Waals surface area (Å²) in [6, 6.07) is 0. The summed E-state index contributed by atoms with van der Waals surface area (Å²) in [7, 11) is 2.56. The van der Waals surface area contributed by atoms with E-state index in [2.05, 4.69) is 4.43 Å². The molecule has 2 saturated carbocycles. The Kier molecular flexibility index (Phi) is 3.42. The lowest BCUT2D eigenvalue weighted by atomic mass is 10.0. The summed E-state index contributed by atoms with van der Waals surface area (Å²) in [5.41, 5.74) is 0. The highest BCUT2D eigenvalue weighted by atomic mass is 28.2. The molecule has 0 aromatic heterocycles. The second kappa shape index (κ2) is 4.14. The summed E-state index contributed by atoms with van der Waals surface area (Å²) < 4.78 is 4.39. The van der Waals surface area contributed by atoms with Crippen molar-refractivity contribution in [3.05, 3.63) is 0 Å². The fraction of sp³-hybridized carbons (Fsp3) is 1.00. The third kappa shape index (κ3) is 2.10. The number of rotatable bonds is 0. The molecule has 2 bridgehead atoms. The first-order valence-corrected chi connectivity index (χ1v) is 5.08. The SMILES string of the molecule is C1CC2CCC1C2.CO[SiH3]. The highest BCUT2D eigenvalue weighted by Gasteiger charge is 2.30. The molecule has 0 heterocycles. The molecule has 0 spiro atoms. The van der Waals surface area contributed by atoms with Crippen LogP contribution in [0.25, 0.3) is 0 Å². The Morgan fingerprint density at radius 2 is 1.40 bits per heavy atom. The Morgan fingerprint density at radius 1 is 1.10 bits per heavy atom. The topological polar surface area (TPSA) is 9.23 Å². The summed E-state index contributed by atoms with van der Waals surface area (Å²) in [5, 5.41) is 0. The Labute approximate surface area is 66.7 Å². The van der Waals surface area contributed by atoms with E-state index in [4.69, 9.17) is 0 Å². The molecule has 10 heavy (non-hydrogen) atoms. The molecule has 0 unspecified atom stereocenters. The van der Waals surface area contributed by atoms with Crippen molar-refractivity contribution in [2.24, 2.45) is 11.8 Å². The second-order valence-corrected chi connectivity index (χ2v) is 4.35. The molecule has 2 aliphatic rings. The molecule has 2 heteroatoms. The molecule has 2 rings (SSSR count). The van der Waals surface area contributed by atoms with Crippen LogP contribution in [0.1, 0.15) is 32.1 Å². The first-order valence-electron chi connectivity index (χ1n) is 4.27. The van der Waals surface area contributed by atoms with E-state index in [0.717, 1.165) is 10.5 Å². The van der Waals surface area contributed by atoms with Crippen molar-refractivity contribution in [2.75, 3.05) is 7.11 Å². The van der Waals surface area contributed by atoms with E-state index in [1.165, 1.54) is 11.8 Å². The van der Waals surface area contributed by atoms with Crippen LogP contribution in [-0.4, -0.2) is 17.6 Å². The van der Waals surface area contributed by atoms with Crippen LogP contribution in [0.5, 0.6) is 0 Å². The van der Waals surface area contributed by atoms with Gasteiger partial charge < -0.3 is 4.43 Å². The molecular weight excluding hydrogens is 140 g/mol. The molecule has 0 N–H and O–H groups in total. The molecule has 0 aromatic rings. The monoisotopic (exact) mass is 158 g/mol. The van der Waals surface area contributed by atoms with Gasteiger partial charge in [0.2, 0.25) is 0 Å². The van der Waals surface area contributed by atoms with Crippen LogP contribution in [0.3, 0.4) is 0 Å². The van der Waals surface area contributed by atoms with Crippen molar-refractivity contribution in [3.8, 4) is 0 Å². The molecule has 0 radical (unpaired) electrons. The van der Waals surface area contributed by atoms with Gasteiger partial charge in [-0.05, 0) is 18.3 Å². The molecule has 1 nitrogen and oxygen atoms in total. The van der Waals surface area contributed by atoms with Gasteiger partial charge in [0, 0.05) is 7.11 Å². The van der Waals surface area contributed by atoms with Gasteiger partial charge in [-0.25, -0.2) is 0 Å². The normalized spacial score (nSPS) is 35.7. The third-order valence-electron chi connectivity index (χ3n) is 2.63. The molecule has 0 saturated heterocycles. The van der Waals surface area contributed by atoms with Crippen molar-refractivity contribution in [3.63, 3.8) is 0 Å². The first kappa shape index (κ1) is 8.28. The maximum absolute atomic E-state index is 4.39. The standard InChI is InChI=1S/C7H12.CH6OSi/c1-2-7-4-3-6(1)5-7;1-2-3/h6-7H,1-5H2;1,3H3. The lowest BCUT2D eigenvalue weighted by Gasteiger charge is -2.05. The predicted molar refractivity (Wildman–Crippen MR) is 47.0 cm³/mol. The highest BCUT2D eigenvalue weighted by Crippen LogP contribution is 2.43. The van der Waals surface area contributed by atoms with Crippen molar-refractivity contribution in [1.82, 2.24) is 0 Å². The van der Waals surface area contributed by atoms with Crippen LogP contribution in [0.15, 0.2) is 0 Å². The molecule has 0 aliphatic heterocycles. The number of hydrogen-bond acceptors (Lipinski definition) is 1. The van der Waals surface area contributed by atoms with Crippen LogP contribution >= 0.6 is 0 Å². The third-order valence-corrected chi connectivity index (χ3v) is 2.63. The van der Waals surface area contributed by atoms with Crippen LogP contribution in [0.4, 0.5) is 0 Å². The molecule has 2 fully saturated rings. The average Bonchev–Trinajstić information content (AvgIpc) is 2.49. The van der Waals surface area contributed by atoms with E-state index in [1.54, 1.807) is 39.2 Å². The minimum atomic E-state index is 0.869. The number of fused-ring (bicyclic) bond motifs is 2. The van der Waals surface area contributed by atoms with Crippen LogP contribution in [0, 0.1) is 11.8 Å². The van der Waals surface area contributed by atoms with Gasteiger partial charge >= 0.3 is 0 Å². The Balaban J connectivity index is 0.000000148. The van der Waals surface area contributed by atoms with Gasteiger partial charge in [-0.3, -0.25) is 0 Å². The zero-order chi connectivity index (χ0) is 7.40. The van der Waals surface area contributed by atoms with Gasteiger partial charge in [-0.15, -0.1) is 0 Å². The molecule has 60 valence electrons. The Morgan fingerprint density at radius 3 is 1.50 bits per heavy atom. The molecule has 0 aromatic carbocycles. The molecular formula is C8H18OSi. The minimum absolute atomic E-state index is 0.869. The van der Waals surface area contributed by atoms with Gasteiger partial charge in [0.15, 0.2) is 0 Å². The largest absolute Gasteiger partial charge is 0.431 e. The van der Waals surface area contributed by atoms with Gasteiger partial charge in [0.05, 0.1) is 0 Å². The van der Waals surface area contributed by atoms with Gasteiger partial charge in [-0.2, -0.15) is 0 Å². The van der Waals surface area contributed by atoms with E-state index < -0.39 is 0 Å². The van der Waals surface area contributed by atoms with Crippen molar-refractivity contribution >= 4 is 10.5 Å². The van der Waals surface area contributed by atoms with Gasteiger partial charge in [-0.1, -0.05) is 25.7 Å². The first-order chi connectivity index (χ1) is 4.86. The van der Waals surface area contributed by atoms with Crippen molar-refractivity contribution in [1.29, 1.82) is 0 Å². The van der Waals surface area contributed by atoms with E-state index in [0.29, 0.717) is 0 Å². The molecule has 2 aliphatic carbocycles. The zero-order valence-electron chi connectivity index (χ0n) is 7.10. The van der Waals surface area contributed by atoms with E-state index >= 15 is 0 Å². The Hall–Kier alpha value is 0.177. The maximum atomic E-state index is 4.39. The smallest absolute Gasteiger partial charge is 0.145 e. The van der Waals surface area contributed by atoms with Gasteiger partial charge in [0.1, 0.15) is 10.5 Å². The summed E-state index contributed by atoms with van der Waals surface area (Å²) >= 11 is 0. The quantitative estimate of drug-likeness (QED) is 0.480. The summed E-state index contributed by atoms with van der Waals surface area (Å²) in [4.78, 5) is 0. The van der Waals surface area contributed by atoms with Crippen molar-refractivity contribution in [2.45, 2.75) is 32.1 Å². The predicted octanol–water partition coefficient (Wildman–Crippen LogP) is 1.11. The highest BCUT2D eigenvalue weighted by molar-refractivity contribution is 5.97. The Bertz CT molecular complexity index is 77.3. The summed E-state index contributed by atoms with van der Waals surface area (Å²) in [6.07, 6.45) is 7.82. The minimum Gasteiger partial charge on any atom is -0.431 e. The van der Waals surface area contributed by atoms with E-state index in [-0.39, 0.29) is 0 Å². The average molecular weight is 158 g/mol. The zero-order valence-corrected chi connectivity index (χ0v) is 9.10. The lowest BCUT2D eigenvalue weighted by molar-refractivity contribution is 0.460. The fourth-order valence-electron chi connectivity index (χ4n) is 2.17. The summed E-state index contributed by atoms with van der Waals surface area (Å²) in [5.74, 6) is 2.34. The van der Waals surface area contributed by atoms with E-state index in [9.17, 15) is 0 Å². The van der Waals surface area contributed by atoms with Crippen molar-refractivity contribution < 1.29 is 4.43 Å². The second-order valence-electron chi connectivity index (χ2n) is 3.53. The fourth-order valence-corrected chi connectivity index (χ4v) is 2.17. The van der Waals surface area contributed by atoms with E-state index in [1.807, 2.05) is 0 Å². The van der Waals surface area contributed by atoms with Crippen LogP contribution < -0.4 is 0 Å². The summed E-state index contributed by atoms with van der Waals surface area (Å²) in [6.45, 7) is 0. The maximum Gasteiger partial charge on any atom is 0.145 e. The van der Waals surface area contributed by atoms with Crippen LogP contribution in [0.2, 0.25) is 0 Å². The molecule has 0 amide bonds. The van der Waals surface area contributed by atoms with Gasteiger partial charge in [0.25, 0.3) is 0 Å². The molecule has 0 atom stereocenters. The lowest BCUT2D eigenvalue weighted by Crippen LogP contribution is -1.90.